The summed E-state index contributed by atoms with van der Waals surface area (Å²) in [6.07, 6.45) is -2.18. The average Bonchev–Trinajstić information content (AvgIpc) is 3.22. The van der Waals surface area contributed by atoms with Crippen molar-refractivity contribution in [3.8, 4) is 5.75 Å². The lowest BCUT2D eigenvalue weighted by Crippen LogP contribution is -2.07. The molecular formula is C25H21ClF3NO. The van der Waals surface area contributed by atoms with Crippen LogP contribution < -0.4 is 4.74 Å². The van der Waals surface area contributed by atoms with Crippen molar-refractivity contribution in [2.75, 3.05) is 0 Å². The van der Waals surface area contributed by atoms with Crippen LogP contribution in [0.3, 0.4) is 0 Å². The molecule has 0 saturated carbocycles. The second-order valence-electron chi connectivity index (χ2n) is 7.61. The fourth-order valence-electron chi connectivity index (χ4n) is 3.91. The number of ether oxygens (including phenoxy) is 1. The second kappa shape index (κ2) is 8.75. The van der Waals surface area contributed by atoms with Crippen molar-refractivity contribution in [3.05, 3.63) is 93.8 Å². The quantitative estimate of drug-likeness (QED) is 0.402. The van der Waals surface area contributed by atoms with Crippen LogP contribution in [0, 0.1) is 6.92 Å². The zero-order valence-electron chi connectivity index (χ0n) is 17.0. The minimum Gasteiger partial charge on any atom is -0.488 e. The van der Waals surface area contributed by atoms with Crippen molar-refractivity contribution in [1.29, 1.82) is 0 Å². The first-order valence-corrected chi connectivity index (χ1v) is 10.4. The summed E-state index contributed by atoms with van der Waals surface area (Å²) in [5, 5.41) is 0.550. The van der Waals surface area contributed by atoms with Crippen LogP contribution in [0.1, 0.15) is 47.3 Å². The number of pyridine rings is 1. The van der Waals surface area contributed by atoms with Crippen molar-refractivity contribution in [2.24, 2.45) is 0 Å². The predicted octanol–water partition coefficient (Wildman–Crippen LogP) is 7.74. The Morgan fingerprint density at radius 2 is 1.71 bits per heavy atom. The molecule has 0 radical (unpaired) electrons. The number of halogens is 4. The molecule has 3 aromatic rings. The zero-order valence-corrected chi connectivity index (χ0v) is 17.7. The summed E-state index contributed by atoms with van der Waals surface area (Å²) < 4.78 is 46.1. The first-order chi connectivity index (χ1) is 14.8. The van der Waals surface area contributed by atoms with E-state index in [1.165, 1.54) is 0 Å². The highest BCUT2D eigenvalue weighted by Crippen LogP contribution is 2.44. The zero-order chi connectivity index (χ0) is 22.0. The third-order valence-corrected chi connectivity index (χ3v) is 5.55. The van der Waals surface area contributed by atoms with Gasteiger partial charge in [0.25, 0.3) is 0 Å². The van der Waals surface area contributed by atoms with Gasteiger partial charge in [-0.2, -0.15) is 13.2 Å². The van der Waals surface area contributed by atoms with Crippen molar-refractivity contribution < 1.29 is 17.9 Å². The van der Waals surface area contributed by atoms with Gasteiger partial charge < -0.3 is 4.74 Å². The van der Waals surface area contributed by atoms with Gasteiger partial charge in [0, 0.05) is 16.3 Å². The van der Waals surface area contributed by atoms with Gasteiger partial charge in [0.2, 0.25) is 0 Å². The van der Waals surface area contributed by atoms with Gasteiger partial charge in [-0.3, -0.25) is 4.98 Å². The molecular weight excluding hydrogens is 423 g/mol. The Balaban J connectivity index is 1.75. The Morgan fingerprint density at radius 3 is 2.45 bits per heavy atom. The number of hydrogen-bond acceptors (Lipinski definition) is 2. The van der Waals surface area contributed by atoms with Gasteiger partial charge in [0.1, 0.15) is 12.4 Å². The number of allylic oxidation sites excluding steroid dienone is 2. The van der Waals surface area contributed by atoms with Gasteiger partial charge >= 0.3 is 6.18 Å². The Hall–Kier alpha value is -2.79. The number of aryl methyl sites for hydroxylation is 1. The molecule has 0 saturated heterocycles. The van der Waals surface area contributed by atoms with E-state index in [2.05, 4.69) is 4.98 Å². The van der Waals surface area contributed by atoms with E-state index in [1.54, 1.807) is 13.0 Å². The molecule has 0 amide bonds. The normalized spacial score (nSPS) is 14.2. The third kappa shape index (κ3) is 4.93. The molecule has 0 bridgehead atoms. The number of hydrogen-bond donors (Lipinski definition) is 0. The molecule has 2 aromatic carbocycles. The first kappa shape index (κ1) is 21.4. The van der Waals surface area contributed by atoms with Crippen LogP contribution in [-0.4, -0.2) is 4.98 Å². The maximum absolute atomic E-state index is 13.4. The molecule has 0 spiro atoms. The van der Waals surface area contributed by atoms with Gasteiger partial charge in [-0.15, -0.1) is 0 Å². The molecule has 0 fully saturated rings. The number of nitrogens with zero attached hydrogens (tertiary/aromatic N) is 1. The van der Waals surface area contributed by atoms with E-state index in [1.807, 2.05) is 42.5 Å². The fourth-order valence-corrected chi connectivity index (χ4v) is 4.08. The fraction of sp³-hybridized carbons (Fsp3) is 0.240. The number of rotatable bonds is 5. The van der Waals surface area contributed by atoms with Crippen LogP contribution in [0.2, 0.25) is 5.02 Å². The van der Waals surface area contributed by atoms with Crippen LogP contribution in [0.5, 0.6) is 5.75 Å². The van der Waals surface area contributed by atoms with Crippen LogP contribution in [0.4, 0.5) is 13.2 Å². The standard InChI is InChI=1S/C25H21ClF3NO/c1-16-12-18(25(27,28)29)13-23(30-16)21-9-5-8-20(21)22-14-19(26)10-11-24(22)31-15-17-6-3-2-4-7-17/h2-4,6-7,10-14H,5,8-9,15H2,1H3. The van der Waals surface area contributed by atoms with Gasteiger partial charge in [0.05, 0.1) is 11.3 Å². The average molecular weight is 444 g/mol. The molecule has 4 rings (SSSR count). The van der Waals surface area contributed by atoms with Crippen LogP contribution in [-0.2, 0) is 12.8 Å². The Labute approximate surface area is 184 Å². The first-order valence-electron chi connectivity index (χ1n) is 10.1. The number of benzene rings is 2. The lowest BCUT2D eigenvalue weighted by Gasteiger charge is -2.16. The predicted molar refractivity (Wildman–Crippen MR) is 117 cm³/mol. The topological polar surface area (TPSA) is 22.1 Å². The maximum atomic E-state index is 13.4. The molecule has 1 aliphatic rings. The lowest BCUT2D eigenvalue weighted by molar-refractivity contribution is -0.137. The van der Waals surface area contributed by atoms with E-state index >= 15 is 0 Å². The highest BCUT2D eigenvalue weighted by molar-refractivity contribution is 6.30. The second-order valence-corrected chi connectivity index (χ2v) is 8.04. The Kier molecular flexibility index (Phi) is 6.05. The van der Waals surface area contributed by atoms with E-state index in [0.29, 0.717) is 35.2 Å². The lowest BCUT2D eigenvalue weighted by atomic mass is 9.98. The van der Waals surface area contributed by atoms with E-state index < -0.39 is 11.7 Å². The van der Waals surface area contributed by atoms with E-state index in [4.69, 9.17) is 16.3 Å². The molecule has 1 aliphatic carbocycles. The number of aromatic nitrogens is 1. The monoisotopic (exact) mass is 443 g/mol. The van der Waals surface area contributed by atoms with Crippen LogP contribution >= 0.6 is 11.6 Å². The van der Waals surface area contributed by atoms with Gasteiger partial charge in [0.15, 0.2) is 0 Å². The summed E-state index contributed by atoms with van der Waals surface area (Å²) in [7, 11) is 0. The van der Waals surface area contributed by atoms with Crippen molar-refractivity contribution in [3.63, 3.8) is 0 Å². The summed E-state index contributed by atoms with van der Waals surface area (Å²) in [4.78, 5) is 4.42. The minimum atomic E-state index is -4.41. The van der Waals surface area contributed by atoms with E-state index in [9.17, 15) is 13.2 Å². The summed E-state index contributed by atoms with van der Waals surface area (Å²) in [6.45, 7) is 1.97. The van der Waals surface area contributed by atoms with E-state index in [-0.39, 0.29) is 0 Å². The molecule has 1 aromatic heterocycles. The largest absolute Gasteiger partial charge is 0.488 e. The minimum absolute atomic E-state index is 0.343. The van der Waals surface area contributed by atoms with Crippen molar-refractivity contribution in [1.82, 2.24) is 4.98 Å². The highest BCUT2D eigenvalue weighted by atomic mass is 35.5. The van der Waals surface area contributed by atoms with Crippen molar-refractivity contribution in [2.45, 2.75) is 39.0 Å². The van der Waals surface area contributed by atoms with Crippen LogP contribution in [0.25, 0.3) is 11.1 Å². The molecule has 0 atom stereocenters. The van der Waals surface area contributed by atoms with E-state index in [0.717, 1.165) is 47.2 Å². The number of alkyl halides is 3. The Morgan fingerprint density at radius 1 is 0.968 bits per heavy atom. The summed E-state index contributed by atoms with van der Waals surface area (Å²) in [5.41, 5.74) is 3.63. The van der Waals surface area contributed by atoms with Gasteiger partial charge in [-0.25, -0.2) is 0 Å². The van der Waals surface area contributed by atoms with Crippen molar-refractivity contribution >= 4 is 22.7 Å². The van der Waals surface area contributed by atoms with Crippen LogP contribution in [0.15, 0.2) is 60.7 Å². The third-order valence-electron chi connectivity index (χ3n) is 5.31. The summed E-state index contributed by atoms with van der Waals surface area (Å²) >= 11 is 6.27. The summed E-state index contributed by atoms with van der Waals surface area (Å²) in [6, 6.07) is 17.4. The molecule has 31 heavy (non-hydrogen) atoms. The SMILES string of the molecule is Cc1cc(C(F)(F)F)cc(C2=C(c3cc(Cl)ccc3OCc3ccccc3)CCC2)n1. The Bertz CT molecular complexity index is 1120. The molecule has 1 heterocycles. The maximum Gasteiger partial charge on any atom is 0.416 e. The van der Waals surface area contributed by atoms with Gasteiger partial charge in [-0.05, 0) is 73.2 Å². The van der Waals surface area contributed by atoms with Gasteiger partial charge in [-0.1, -0.05) is 41.9 Å². The molecule has 0 unspecified atom stereocenters. The molecule has 6 heteroatoms. The highest BCUT2D eigenvalue weighted by Gasteiger charge is 2.32. The molecule has 0 aliphatic heterocycles. The molecule has 160 valence electrons. The summed E-state index contributed by atoms with van der Waals surface area (Å²) in [5.74, 6) is 0.659. The smallest absolute Gasteiger partial charge is 0.416 e. The molecule has 0 N–H and O–H groups in total. The molecule has 2 nitrogen and oxygen atoms in total.